The average molecular weight is 223 g/mol. The molecule has 0 aliphatic carbocycles. The quantitative estimate of drug-likeness (QED) is 0.717. The minimum absolute atomic E-state index is 0. The normalized spacial score (nSPS) is 10.6. The van der Waals surface area contributed by atoms with E-state index < -0.39 is 10.1 Å². The maximum absolute atomic E-state index is 11.1. The van der Waals surface area contributed by atoms with Gasteiger partial charge in [-0.1, -0.05) is 17.7 Å². The molecule has 0 N–H and O–H groups in total. The summed E-state index contributed by atoms with van der Waals surface area (Å²) in [6.07, 6.45) is 0. The first-order valence-corrected chi connectivity index (χ1v) is 4.84. The molecule has 3 nitrogen and oxygen atoms in total. The molecule has 0 aliphatic rings. The van der Waals surface area contributed by atoms with Crippen LogP contribution in [0.2, 0.25) is 0 Å². The van der Waals surface area contributed by atoms with Gasteiger partial charge in [0.25, 0.3) is 10.1 Å². The molecule has 1 rings (SSSR count). The second kappa shape index (κ2) is 4.60. The van der Waals surface area contributed by atoms with Gasteiger partial charge in [-0.15, -0.1) is 12.4 Å². The van der Waals surface area contributed by atoms with Crippen LogP contribution in [-0.4, -0.2) is 15.5 Å². The van der Waals surface area contributed by atoms with Crippen molar-refractivity contribution in [3.8, 4) is 0 Å². The summed E-state index contributed by atoms with van der Waals surface area (Å²) in [4.78, 5) is 0.190. The average Bonchev–Trinajstić information content (AvgIpc) is 2.05. The molecule has 0 radical (unpaired) electrons. The van der Waals surface area contributed by atoms with Crippen LogP contribution in [0.3, 0.4) is 0 Å². The fourth-order valence-corrected chi connectivity index (χ4v) is 1.46. The molecule has 74 valence electrons. The van der Waals surface area contributed by atoms with Gasteiger partial charge < -0.3 is 0 Å². The number of aryl methyl sites for hydroxylation is 1. The van der Waals surface area contributed by atoms with Crippen molar-refractivity contribution in [2.45, 2.75) is 11.8 Å². The summed E-state index contributed by atoms with van der Waals surface area (Å²) < 4.78 is 26.5. The van der Waals surface area contributed by atoms with Gasteiger partial charge in [0.2, 0.25) is 0 Å². The molecule has 0 atom stereocenters. The number of hydrogen-bond acceptors (Lipinski definition) is 3. The standard InChI is InChI=1S/C8H10O3S.ClH/c1-7-3-5-8(6-4-7)12(9,10)11-2;/h3-6H,1-2H3;1H. The highest BCUT2D eigenvalue weighted by molar-refractivity contribution is 7.86. The Morgan fingerprint density at radius 2 is 1.62 bits per heavy atom. The smallest absolute Gasteiger partial charge is 0.270 e. The largest absolute Gasteiger partial charge is 0.296 e. The Morgan fingerprint density at radius 1 is 1.15 bits per heavy atom. The van der Waals surface area contributed by atoms with Gasteiger partial charge in [-0.2, -0.15) is 8.42 Å². The molecule has 0 bridgehead atoms. The molecule has 0 aliphatic heterocycles. The zero-order valence-corrected chi connectivity index (χ0v) is 8.98. The Kier molecular flexibility index (Phi) is 4.39. The van der Waals surface area contributed by atoms with E-state index in [1.807, 2.05) is 6.92 Å². The van der Waals surface area contributed by atoms with E-state index >= 15 is 0 Å². The van der Waals surface area contributed by atoms with Gasteiger partial charge in [-0.25, -0.2) is 0 Å². The van der Waals surface area contributed by atoms with E-state index in [1.165, 1.54) is 12.1 Å². The SMILES string of the molecule is COS(=O)(=O)c1ccc(C)cc1.Cl. The highest BCUT2D eigenvalue weighted by atomic mass is 35.5. The van der Waals surface area contributed by atoms with Gasteiger partial charge in [0.15, 0.2) is 0 Å². The molecule has 0 saturated heterocycles. The van der Waals surface area contributed by atoms with Crippen LogP contribution in [0.4, 0.5) is 0 Å². The molecule has 13 heavy (non-hydrogen) atoms. The highest BCUT2D eigenvalue weighted by Gasteiger charge is 2.10. The summed E-state index contributed by atoms with van der Waals surface area (Å²) in [7, 11) is -2.37. The summed E-state index contributed by atoms with van der Waals surface area (Å²) in [5.74, 6) is 0. The van der Waals surface area contributed by atoms with Crippen molar-refractivity contribution in [1.29, 1.82) is 0 Å². The molecule has 0 fully saturated rings. The maximum Gasteiger partial charge on any atom is 0.296 e. The summed E-state index contributed by atoms with van der Waals surface area (Å²) in [6.45, 7) is 1.89. The van der Waals surface area contributed by atoms with Crippen molar-refractivity contribution in [3.63, 3.8) is 0 Å². The molecule has 0 heterocycles. The molecule has 1 aromatic rings. The van der Waals surface area contributed by atoms with Gasteiger partial charge in [-0.3, -0.25) is 4.18 Å². The van der Waals surface area contributed by atoms with Crippen LogP contribution < -0.4 is 0 Å². The summed E-state index contributed by atoms with van der Waals surface area (Å²) >= 11 is 0. The Balaban J connectivity index is 0.00000144. The van der Waals surface area contributed by atoms with E-state index in [0.717, 1.165) is 12.7 Å². The van der Waals surface area contributed by atoms with Gasteiger partial charge in [0.05, 0.1) is 12.0 Å². The Morgan fingerprint density at radius 3 is 2.00 bits per heavy atom. The molecule has 0 aromatic heterocycles. The lowest BCUT2D eigenvalue weighted by Crippen LogP contribution is -2.02. The first-order valence-electron chi connectivity index (χ1n) is 3.43. The second-order valence-electron chi connectivity index (χ2n) is 2.43. The third kappa shape index (κ3) is 2.99. The van der Waals surface area contributed by atoms with Gasteiger partial charge in [0, 0.05) is 0 Å². The van der Waals surface area contributed by atoms with Crippen LogP contribution in [0, 0.1) is 6.92 Å². The zero-order chi connectivity index (χ0) is 9.19. The Hall–Kier alpha value is -0.580. The number of benzene rings is 1. The van der Waals surface area contributed by atoms with Gasteiger partial charge in [-0.05, 0) is 19.1 Å². The van der Waals surface area contributed by atoms with E-state index in [9.17, 15) is 8.42 Å². The van der Waals surface area contributed by atoms with Crippen LogP contribution in [0.15, 0.2) is 29.2 Å². The van der Waals surface area contributed by atoms with E-state index in [-0.39, 0.29) is 17.3 Å². The molecule has 0 saturated carbocycles. The Labute approximate surface area is 84.3 Å². The predicted molar refractivity (Wildman–Crippen MR) is 52.6 cm³/mol. The number of rotatable bonds is 2. The lowest BCUT2D eigenvalue weighted by Gasteiger charge is -2.00. The molecule has 0 amide bonds. The van der Waals surface area contributed by atoms with Gasteiger partial charge >= 0.3 is 0 Å². The van der Waals surface area contributed by atoms with E-state index in [4.69, 9.17) is 0 Å². The second-order valence-corrected chi connectivity index (χ2v) is 4.15. The fourth-order valence-electron chi connectivity index (χ4n) is 0.801. The van der Waals surface area contributed by atoms with Crippen molar-refractivity contribution >= 4 is 22.5 Å². The van der Waals surface area contributed by atoms with Crippen molar-refractivity contribution in [2.24, 2.45) is 0 Å². The summed E-state index contributed by atoms with van der Waals surface area (Å²) in [6, 6.07) is 6.50. The monoisotopic (exact) mass is 222 g/mol. The fraction of sp³-hybridized carbons (Fsp3) is 0.250. The van der Waals surface area contributed by atoms with Crippen molar-refractivity contribution < 1.29 is 12.6 Å². The summed E-state index contributed by atoms with van der Waals surface area (Å²) in [5.41, 5.74) is 1.02. The zero-order valence-electron chi connectivity index (χ0n) is 7.35. The third-order valence-electron chi connectivity index (χ3n) is 1.53. The van der Waals surface area contributed by atoms with Crippen molar-refractivity contribution in [2.75, 3.05) is 7.11 Å². The van der Waals surface area contributed by atoms with Crippen LogP contribution in [0.5, 0.6) is 0 Å². The first-order chi connectivity index (χ1) is 5.56. The first kappa shape index (κ1) is 12.4. The lowest BCUT2D eigenvalue weighted by atomic mass is 10.2. The van der Waals surface area contributed by atoms with Crippen molar-refractivity contribution in [1.82, 2.24) is 0 Å². The van der Waals surface area contributed by atoms with Crippen LogP contribution >= 0.6 is 12.4 Å². The van der Waals surface area contributed by atoms with E-state index in [2.05, 4.69) is 4.18 Å². The number of halogens is 1. The summed E-state index contributed by atoms with van der Waals surface area (Å²) in [5, 5.41) is 0. The highest BCUT2D eigenvalue weighted by Crippen LogP contribution is 2.11. The molecule has 0 spiro atoms. The van der Waals surface area contributed by atoms with Crippen LogP contribution in [0.1, 0.15) is 5.56 Å². The maximum atomic E-state index is 11.1. The Bertz CT molecular complexity index is 355. The van der Waals surface area contributed by atoms with Crippen LogP contribution in [0.25, 0.3) is 0 Å². The lowest BCUT2D eigenvalue weighted by molar-refractivity contribution is 0.398. The van der Waals surface area contributed by atoms with Gasteiger partial charge in [0.1, 0.15) is 0 Å². The van der Waals surface area contributed by atoms with E-state index in [0.29, 0.717) is 0 Å². The molecular weight excluding hydrogens is 212 g/mol. The van der Waals surface area contributed by atoms with Crippen molar-refractivity contribution in [3.05, 3.63) is 29.8 Å². The minimum atomic E-state index is -3.51. The molecule has 5 heteroatoms. The van der Waals surface area contributed by atoms with E-state index in [1.54, 1.807) is 12.1 Å². The molecule has 0 unspecified atom stereocenters. The predicted octanol–water partition coefficient (Wildman–Crippen LogP) is 1.75. The molecule has 1 aromatic carbocycles. The molecular formula is C8H11ClO3S. The topological polar surface area (TPSA) is 43.4 Å². The third-order valence-corrected chi connectivity index (χ3v) is 2.82. The number of hydrogen-bond donors (Lipinski definition) is 0. The minimum Gasteiger partial charge on any atom is -0.270 e. The van der Waals surface area contributed by atoms with Crippen LogP contribution in [-0.2, 0) is 14.3 Å².